The highest BCUT2D eigenvalue weighted by molar-refractivity contribution is 5.47. The highest BCUT2D eigenvalue weighted by Gasteiger charge is 1.79. The summed E-state index contributed by atoms with van der Waals surface area (Å²) < 4.78 is 0. The summed E-state index contributed by atoms with van der Waals surface area (Å²) in [6, 6.07) is 9.74. The van der Waals surface area contributed by atoms with Crippen molar-refractivity contribution in [2.75, 3.05) is 0 Å². The highest BCUT2D eigenvalue weighted by atomic mass is 16.5. The number of benzene rings is 1. The van der Waals surface area contributed by atoms with Gasteiger partial charge in [0.25, 0.3) is 0 Å². The van der Waals surface area contributed by atoms with Crippen molar-refractivity contribution in [2.45, 2.75) is 0 Å². The van der Waals surface area contributed by atoms with Gasteiger partial charge in [-0.2, -0.15) is 0 Å². The summed E-state index contributed by atoms with van der Waals surface area (Å²) in [5.74, 6) is 0. The molecule has 0 radical (unpaired) electrons. The van der Waals surface area contributed by atoms with Gasteiger partial charge in [0.05, 0.1) is 0 Å². The Labute approximate surface area is 59.8 Å². The lowest BCUT2D eigenvalue weighted by atomic mass is 10.2. The maximum atomic E-state index is 8.19. The molecule has 10 heavy (non-hydrogen) atoms. The van der Waals surface area contributed by atoms with Crippen LogP contribution in [0.25, 0.3) is 6.08 Å². The summed E-state index contributed by atoms with van der Waals surface area (Å²) in [4.78, 5) is 0. The first-order valence-corrected chi connectivity index (χ1v) is 3.04. The number of nitrogens with one attached hydrogen (secondary N) is 1. The fraction of sp³-hybridized carbons (Fsp3) is 0. The van der Waals surface area contributed by atoms with Crippen LogP contribution < -0.4 is 5.48 Å². The van der Waals surface area contributed by atoms with Crippen molar-refractivity contribution in [3.63, 3.8) is 0 Å². The average molecular weight is 135 g/mol. The monoisotopic (exact) mass is 135 g/mol. The van der Waals surface area contributed by atoms with Crippen LogP contribution in [0, 0.1) is 0 Å². The van der Waals surface area contributed by atoms with Crippen molar-refractivity contribution in [2.24, 2.45) is 0 Å². The molecule has 0 aliphatic heterocycles. The van der Waals surface area contributed by atoms with Crippen molar-refractivity contribution in [1.29, 1.82) is 0 Å². The van der Waals surface area contributed by atoms with E-state index in [0.717, 1.165) is 5.56 Å². The van der Waals surface area contributed by atoms with Crippen molar-refractivity contribution in [1.82, 2.24) is 5.48 Å². The van der Waals surface area contributed by atoms with Crippen molar-refractivity contribution in [3.8, 4) is 0 Å². The molecule has 0 aromatic heterocycles. The lowest BCUT2D eigenvalue weighted by molar-refractivity contribution is 0.215. The zero-order chi connectivity index (χ0) is 7.23. The summed E-state index contributed by atoms with van der Waals surface area (Å²) >= 11 is 0. The molecule has 0 atom stereocenters. The topological polar surface area (TPSA) is 32.3 Å². The minimum Gasteiger partial charge on any atom is -0.292 e. The van der Waals surface area contributed by atoms with Gasteiger partial charge in [-0.3, -0.25) is 10.7 Å². The molecule has 0 aliphatic carbocycles. The number of hydrogen-bond acceptors (Lipinski definition) is 2. The van der Waals surface area contributed by atoms with E-state index in [0.29, 0.717) is 0 Å². The minimum atomic E-state index is 1.06. The normalized spacial score (nSPS) is 10.1. The number of rotatable bonds is 2. The quantitative estimate of drug-likeness (QED) is 0.604. The summed E-state index contributed by atoms with van der Waals surface area (Å²) in [6.45, 7) is 0. The summed E-state index contributed by atoms with van der Waals surface area (Å²) in [5.41, 5.74) is 2.99. The molecule has 0 unspecified atom stereocenters. The molecule has 0 amide bonds. The van der Waals surface area contributed by atoms with Gasteiger partial charge in [-0.25, -0.2) is 0 Å². The van der Waals surface area contributed by atoms with Gasteiger partial charge < -0.3 is 0 Å². The molecule has 2 heteroatoms. The molecule has 2 N–H and O–H groups in total. The summed E-state index contributed by atoms with van der Waals surface area (Å²) in [6.07, 6.45) is 3.25. The lowest BCUT2D eigenvalue weighted by Crippen LogP contribution is -1.91. The van der Waals surface area contributed by atoms with E-state index in [1.54, 1.807) is 6.08 Å². The SMILES string of the molecule is ONC=Cc1ccccc1. The van der Waals surface area contributed by atoms with E-state index in [2.05, 4.69) is 0 Å². The third kappa shape index (κ3) is 1.91. The van der Waals surface area contributed by atoms with E-state index >= 15 is 0 Å². The van der Waals surface area contributed by atoms with Gasteiger partial charge in [0.2, 0.25) is 0 Å². The van der Waals surface area contributed by atoms with Gasteiger partial charge in [-0.1, -0.05) is 30.3 Å². The predicted molar refractivity (Wildman–Crippen MR) is 40.4 cm³/mol. The standard InChI is InChI=1S/C8H9NO/c10-9-7-6-8-4-2-1-3-5-8/h1-7,9-10H. The first-order chi connectivity index (χ1) is 4.93. The Morgan fingerprint density at radius 2 is 1.90 bits per heavy atom. The molecular formula is C8H9NO. The molecule has 0 aliphatic rings. The molecule has 0 saturated heterocycles. The molecule has 0 heterocycles. The largest absolute Gasteiger partial charge is 0.292 e. The average Bonchev–Trinajstić information content (AvgIpc) is 2.03. The maximum absolute atomic E-state index is 8.19. The maximum Gasteiger partial charge on any atom is 0.0246 e. The third-order valence-electron chi connectivity index (χ3n) is 1.15. The summed E-state index contributed by atoms with van der Waals surface area (Å²) in [7, 11) is 0. The van der Waals surface area contributed by atoms with Gasteiger partial charge in [-0.05, 0) is 11.6 Å². The first-order valence-electron chi connectivity index (χ1n) is 3.04. The number of hydrogen-bond donors (Lipinski definition) is 2. The van der Waals surface area contributed by atoms with Gasteiger partial charge in [0, 0.05) is 6.20 Å². The Kier molecular flexibility index (Phi) is 2.52. The Morgan fingerprint density at radius 3 is 2.50 bits per heavy atom. The van der Waals surface area contributed by atoms with E-state index in [9.17, 15) is 0 Å². The van der Waals surface area contributed by atoms with Crippen LogP contribution in [0.15, 0.2) is 36.5 Å². The van der Waals surface area contributed by atoms with E-state index in [1.807, 2.05) is 35.8 Å². The van der Waals surface area contributed by atoms with Crippen molar-refractivity contribution in [3.05, 3.63) is 42.1 Å². The molecule has 1 aromatic carbocycles. The fourth-order valence-corrected chi connectivity index (χ4v) is 0.698. The Bertz CT molecular complexity index is 206. The lowest BCUT2D eigenvalue weighted by Gasteiger charge is -1.89. The van der Waals surface area contributed by atoms with E-state index in [-0.39, 0.29) is 0 Å². The van der Waals surface area contributed by atoms with Gasteiger partial charge in [0.15, 0.2) is 0 Å². The number of hydroxylamine groups is 1. The molecule has 0 bridgehead atoms. The molecule has 1 aromatic rings. The van der Waals surface area contributed by atoms with Crippen LogP contribution >= 0.6 is 0 Å². The van der Waals surface area contributed by atoms with Gasteiger partial charge in [0.1, 0.15) is 0 Å². The zero-order valence-electron chi connectivity index (χ0n) is 5.49. The second-order valence-electron chi connectivity index (χ2n) is 1.87. The molecule has 52 valence electrons. The van der Waals surface area contributed by atoms with Crippen molar-refractivity contribution >= 4 is 6.08 Å². The fourth-order valence-electron chi connectivity index (χ4n) is 0.698. The minimum absolute atomic E-state index is 1.06. The van der Waals surface area contributed by atoms with Crippen LogP contribution in [0.1, 0.15) is 5.56 Å². The van der Waals surface area contributed by atoms with Gasteiger partial charge >= 0.3 is 0 Å². The van der Waals surface area contributed by atoms with E-state index in [1.165, 1.54) is 6.20 Å². The third-order valence-corrected chi connectivity index (χ3v) is 1.15. The van der Waals surface area contributed by atoms with E-state index < -0.39 is 0 Å². The molecule has 0 saturated carbocycles. The Hall–Kier alpha value is -1.28. The first kappa shape index (κ1) is 6.83. The van der Waals surface area contributed by atoms with Crippen LogP contribution in [0.3, 0.4) is 0 Å². The second kappa shape index (κ2) is 3.69. The van der Waals surface area contributed by atoms with Gasteiger partial charge in [-0.15, -0.1) is 0 Å². The predicted octanol–water partition coefficient (Wildman–Crippen LogP) is 1.64. The molecule has 2 nitrogen and oxygen atoms in total. The van der Waals surface area contributed by atoms with Crippen LogP contribution in [-0.2, 0) is 0 Å². The molecule has 1 rings (SSSR count). The van der Waals surface area contributed by atoms with Crippen LogP contribution in [0.4, 0.5) is 0 Å². The van der Waals surface area contributed by atoms with E-state index in [4.69, 9.17) is 5.21 Å². The Balaban J connectivity index is 2.67. The zero-order valence-corrected chi connectivity index (χ0v) is 5.49. The van der Waals surface area contributed by atoms with Crippen LogP contribution in [0.5, 0.6) is 0 Å². The van der Waals surface area contributed by atoms with Crippen LogP contribution in [-0.4, -0.2) is 5.21 Å². The molecule has 0 fully saturated rings. The highest BCUT2D eigenvalue weighted by Crippen LogP contribution is 1.98. The molecular weight excluding hydrogens is 126 g/mol. The smallest absolute Gasteiger partial charge is 0.0246 e. The molecule has 0 spiro atoms. The van der Waals surface area contributed by atoms with Crippen LogP contribution in [0.2, 0.25) is 0 Å². The Morgan fingerprint density at radius 1 is 1.20 bits per heavy atom. The van der Waals surface area contributed by atoms with Crippen molar-refractivity contribution < 1.29 is 5.21 Å². The summed E-state index contributed by atoms with van der Waals surface area (Å²) in [5, 5.41) is 8.19. The second-order valence-corrected chi connectivity index (χ2v) is 1.87.